The number of ether oxygens (including phenoxy) is 1. The van der Waals surface area contributed by atoms with E-state index in [1.54, 1.807) is 17.3 Å². The number of para-hydroxylation sites is 1. The highest BCUT2D eigenvalue weighted by Gasteiger charge is 2.26. The van der Waals surface area contributed by atoms with Crippen LogP contribution in [0.25, 0.3) is 0 Å². The molecule has 2 aromatic rings. The third-order valence-corrected chi connectivity index (χ3v) is 4.94. The van der Waals surface area contributed by atoms with Gasteiger partial charge in [-0.3, -0.25) is 9.78 Å². The molecule has 3 rings (SSSR count). The fourth-order valence-corrected chi connectivity index (χ4v) is 3.35. The molecular formula is C18H22N4O4S. The van der Waals surface area contributed by atoms with Crippen molar-refractivity contribution >= 4 is 15.9 Å². The molecule has 2 heterocycles. The number of hydrogen-bond acceptors (Lipinski definition) is 6. The van der Waals surface area contributed by atoms with Crippen LogP contribution in [0.5, 0.6) is 11.6 Å². The summed E-state index contributed by atoms with van der Waals surface area (Å²) in [6.07, 6.45) is 5.98. The Morgan fingerprint density at radius 1 is 1.30 bits per heavy atom. The summed E-state index contributed by atoms with van der Waals surface area (Å²) >= 11 is 0. The van der Waals surface area contributed by atoms with Gasteiger partial charge in [0.1, 0.15) is 5.75 Å². The summed E-state index contributed by atoms with van der Waals surface area (Å²) in [6, 6.07) is 9.33. The van der Waals surface area contributed by atoms with Gasteiger partial charge in [-0.05, 0) is 25.0 Å². The van der Waals surface area contributed by atoms with Crippen molar-refractivity contribution in [3.63, 3.8) is 0 Å². The maximum atomic E-state index is 12.3. The van der Waals surface area contributed by atoms with Crippen LogP contribution in [0.15, 0.2) is 42.7 Å². The van der Waals surface area contributed by atoms with E-state index in [1.165, 1.54) is 0 Å². The predicted octanol–water partition coefficient (Wildman–Crippen LogP) is 1.52. The van der Waals surface area contributed by atoms with E-state index in [2.05, 4.69) is 14.7 Å². The maximum absolute atomic E-state index is 12.3. The normalized spacial score (nSPS) is 17.5. The van der Waals surface area contributed by atoms with Gasteiger partial charge >= 0.3 is 0 Å². The molecule has 9 heteroatoms. The number of aromatic nitrogens is 2. The lowest BCUT2D eigenvalue weighted by molar-refractivity contribution is -0.131. The van der Waals surface area contributed by atoms with Crippen molar-refractivity contribution in [2.24, 2.45) is 0 Å². The summed E-state index contributed by atoms with van der Waals surface area (Å²) in [5, 5.41) is 0. The van der Waals surface area contributed by atoms with E-state index in [9.17, 15) is 13.2 Å². The molecule has 1 atom stereocenters. The van der Waals surface area contributed by atoms with Crippen LogP contribution in [-0.4, -0.2) is 55.1 Å². The van der Waals surface area contributed by atoms with E-state index in [4.69, 9.17) is 4.74 Å². The number of sulfonamides is 1. The second-order valence-electron chi connectivity index (χ2n) is 6.47. The van der Waals surface area contributed by atoms with Crippen molar-refractivity contribution in [1.29, 1.82) is 0 Å². The minimum Gasteiger partial charge on any atom is -0.437 e. The van der Waals surface area contributed by atoms with Gasteiger partial charge in [-0.1, -0.05) is 18.2 Å². The summed E-state index contributed by atoms with van der Waals surface area (Å²) in [4.78, 5) is 22.7. The van der Waals surface area contributed by atoms with Crippen LogP contribution >= 0.6 is 0 Å². The first-order chi connectivity index (χ1) is 12.9. The third-order valence-electron chi connectivity index (χ3n) is 4.27. The Kier molecular flexibility index (Phi) is 6.02. The van der Waals surface area contributed by atoms with Crippen molar-refractivity contribution in [3.05, 3.63) is 48.4 Å². The van der Waals surface area contributed by atoms with Crippen molar-refractivity contribution in [1.82, 2.24) is 19.6 Å². The molecule has 1 aromatic heterocycles. The number of hydrogen-bond donors (Lipinski definition) is 1. The Morgan fingerprint density at radius 3 is 2.81 bits per heavy atom. The van der Waals surface area contributed by atoms with Gasteiger partial charge < -0.3 is 9.64 Å². The Balaban J connectivity index is 1.65. The molecule has 0 radical (unpaired) electrons. The lowest BCUT2D eigenvalue weighted by Gasteiger charge is -2.32. The van der Waals surface area contributed by atoms with E-state index in [0.29, 0.717) is 24.7 Å². The van der Waals surface area contributed by atoms with Gasteiger partial charge in [0.05, 0.1) is 24.7 Å². The van der Waals surface area contributed by atoms with Crippen molar-refractivity contribution in [2.75, 3.05) is 25.9 Å². The first-order valence-corrected chi connectivity index (χ1v) is 10.6. The molecule has 1 aromatic carbocycles. The number of carbonyl (C=O) groups excluding carboxylic acids is 1. The smallest absolute Gasteiger partial charge is 0.238 e. The lowest BCUT2D eigenvalue weighted by Crippen LogP contribution is -2.44. The van der Waals surface area contributed by atoms with Gasteiger partial charge in [0.2, 0.25) is 21.8 Å². The molecule has 144 valence electrons. The van der Waals surface area contributed by atoms with Gasteiger partial charge in [0.15, 0.2) is 0 Å². The second kappa shape index (κ2) is 8.45. The second-order valence-corrected chi connectivity index (χ2v) is 8.30. The molecule has 1 aliphatic rings. The Morgan fingerprint density at radius 2 is 2.07 bits per heavy atom. The Bertz CT molecular complexity index is 889. The first-order valence-electron chi connectivity index (χ1n) is 8.68. The van der Waals surface area contributed by atoms with E-state index in [0.717, 1.165) is 24.8 Å². The number of nitrogens with one attached hydrogen (secondary N) is 1. The van der Waals surface area contributed by atoms with E-state index >= 15 is 0 Å². The fourth-order valence-electron chi connectivity index (χ4n) is 2.97. The largest absolute Gasteiger partial charge is 0.437 e. The third kappa shape index (κ3) is 5.73. The average molecular weight is 390 g/mol. The zero-order valence-electron chi connectivity index (χ0n) is 15.0. The molecule has 1 aliphatic heterocycles. The predicted molar refractivity (Wildman–Crippen MR) is 99.9 cm³/mol. The van der Waals surface area contributed by atoms with Crippen molar-refractivity contribution in [3.8, 4) is 11.6 Å². The first kappa shape index (κ1) is 19.2. The van der Waals surface area contributed by atoms with Crippen LogP contribution < -0.4 is 9.46 Å². The average Bonchev–Trinajstić information content (AvgIpc) is 2.67. The molecule has 1 saturated heterocycles. The fraction of sp³-hybridized carbons (Fsp3) is 0.389. The number of benzene rings is 1. The van der Waals surface area contributed by atoms with Crippen LogP contribution in [0.2, 0.25) is 0 Å². The number of piperidine rings is 1. The highest BCUT2D eigenvalue weighted by atomic mass is 32.2. The van der Waals surface area contributed by atoms with Crippen molar-refractivity contribution < 1.29 is 17.9 Å². The van der Waals surface area contributed by atoms with E-state index in [-0.39, 0.29) is 18.4 Å². The molecule has 0 spiro atoms. The minimum atomic E-state index is -3.40. The van der Waals surface area contributed by atoms with Gasteiger partial charge in [-0.15, -0.1) is 0 Å². The van der Waals surface area contributed by atoms with Gasteiger partial charge in [0, 0.05) is 25.2 Å². The van der Waals surface area contributed by atoms with Gasteiger partial charge in [-0.2, -0.15) is 0 Å². The van der Waals surface area contributed by atoms with Crippen molar-refractivity contribution in [2.45, 2.75) is 18.8 Å². The molecule has 0 aliphatic carbocycles. The number of likely N-dealkylation sites (tertiary alicyclic amines) is 1. The van der Waals surface area contributed by atoms with Crippen LogP contribution in [0.4, 0.5) is 0 Å². The maximum Gasteiger partial charge on any atom is 0.238 e. The Hall–Kier alpha value is -2.52. The SMILES string of the molecule is CS(=O)(=O)NCC(=O)N1CCC[C@H](c2cncc(Oc3ccccc3)n2)C1. The van der Waals surface area contributed by atoms with Gasteiger partial charge in [0.25, 0.3) is 0 Å². The summed E-state index contributed by atoms with van der Waals surface area (Å²) in [5.41, 5.74) is 0.761. The molecule has 8 nitrogen and oxygen atoms in total. The molecule has 1 amide bonds. The molecule has 0 saturated carbocycles. The monoisotopic (exact) mass is 390 g/mol. The molecule has 27 heavy (non-hydrogen) atoms. The highest BCUT2D eigenvalue weighted by Crippen LogP contribution is 2.27. The van der Waals surface area contributed by atoms with E-state index < -0.39 is 10.0 Å². The number of rotatable bonds is 6. The van der Waals surface area contributed by atoms with Crippen LogP contribution in [0.3, 0.4) is 0 Å². The molecular weight excluding hydrogens is 368 g/mol. The molecule has 1 fully saturated rings. The zero-order valence-corrected chi connectivity index (χ0v) is 15.9. The molecule has 0 unspecified atom stereocenters. The quantitative estimate of drug-likeness (QED) is 0.803. The Labute approximate surface area is 158 Å². The topological polar surface area (TPSA) is 101 Å². The van der Waals surface area contributed by atoms with E-state index in [1.807, 2.05) is 30.3 Å². The zero-order chi connectivity index (χ0) is 19.3. The van der Waals surface area contributed by atoms with Crippen LogP contribution in [-0.2, 0) is 14.8 Å². The van der Waals surface area contributed by atoms with Crippen LogP contribution in [0, 0.1) is 0 Å². The minimum absolute atomic E-state index is 0.0350. The summed E-state index contributed by atoms with van der Waals surface area (Å²) in [7, 11) is -3.40. The number of amides is 1. The summed E-state index contributed by atoms with van der Waals surface area (Å²) in [6.45, 7) is 0.858. The van der Waals surface area contributed by atoms with Gasteiger partial charge in [-0.25, -0.2) is 18.1 Å². The number of carbonyl (C=O) groups is 1. The lowest BCUT2D eigenvalue weighted by atomic mass is 9.95. The van der Waals surface area contributed by atoms with Crippen LogP contribution in [0.1, 0.15) is 24.5 Å². The highest BCUT2D eigenvalue weighted by molar-refractivity contribution is 7.88. The summed E-state index contributed by atoms with van der Waals surface area (Å²) < 4.78 is 30.3. The number of nitrogens with zero attached hydrogens (tertiary/aromatic N) is 3. The summed E-state index contributed by atoms with van der Waals surface area (Å²) in [5.74, 6) is 0.875. The molecule has 0 bridgehead atoms. The molecule has 1 N–H and O–H groups in total. The standard InChI is InChI=1S/C18H22N4O4S/c1-27(24,25)20-12-18(23)22-9-5-6-14(13-22)16-10-19-11-17(21-16)26-15-7-3-2-4-8-15/h2-4,7-8,10-11,14,20H,5-6,9,12-13H2,1H3/t14-/m0/s1.